The van der Waals surface area contributed by atoms with Gasteiger partial charge >= 0.3 is 9.53 Å². The second-order valence-electron chi connectivity index (χ2n) is 4.85. The molecule has 0 spiro atoms. The summed E-state index contributed by atoms with van der Waals surface area (Å²) in [7, 11) is -2.96. The van der Waals surface area contributed by atoms with Crippen molar-refractivity contribution in [2.75, 3.05) is 0 Å². The first-order valence-electron chi connectivity index (χ1n) is 7.50. The molecule has 0 saturated heterocycles. The van der Waals surface area contributed by atoms with Crippen molar-refractivity contribution in [3.63, 3.8) is 0 Å². The van der Waals surface area contributed by atoms with E-state index in [4.69, 9.17) is 0 Å². The molecule has 0 fully saturated rings. The summed E-state index contributed by atoms with van der Waals surface area (Å²) in [6.45, 7) is 3.40. The summed E-state index contributed by atoms with van der Waals surface area (Å²) >= 11 is 0. The predicted molar refractivity (Wildman–Crippen MR) is 94.3 cm³/mol. The molecule has 0 saturated carbocycles. The average molecular weight is 360 g/mol. The molecule has 0 N–H and O–H groups in total. The minimum absolute atomic E-state index is 0.654. The Labute approximate surface area is 148 Å². The van der Waals surface area contributed by atoms with Gasteiger partial charge in [0.25, 0.3) is 17.9 Å². The Morgan fingerprint density at radius 3 is 1.12 bits per heavy atom. The van der Waals surface area contributed by atoms with Crippen molar-refractivity contribution in [2.24, 2.45) is 0 Å². The first kappa shape index (κ1) is 20.1. The lowest BCUT2D eigenvalue weighted by Crippen LogP contribution is -2.32. The van der Waals surface area contributed by atoms with E-state index in [1.54, 1.807) is 0 Å². The largest absolute Gasteiger partial charge is 0.689 e. The summed E-state index contributed by atoms with van der Waals surface area (Å²) < 4.78 is 13.5. The second kappa shape index (κ2) is 10.8. The lowest BCUT2D eigenvalue weighted by molar-refractivity contribution is -0.144. The van der Waals surface area contributed by atoms with Crippen molar-refractivity contribution in [2.45, 2.75) is 20.8 Å². The summed E-state index contributed by atoms with van der Waals surface area (Å²) in [5.41, 5.74) is 2.55. The minimum atomic E-state index is -2.96. The minimum Gasteiger partial charge on any atom is -0.458 e. The highest BCUT2D eigenvalue weighted by atomic mass is 28.3. The molecule has 0 aliphatic heterocycles. The normalized spacial score (nSPS) is 9.44. The van der Waals surface area contributed by atoms with Crippen LogP contribution >= 0.6 is 0 Å². The van der Waals surface area contributed by atoms with Crippen molar-refractivity contribution in [3.05, 3.63) is 60.7 Å². The van der Waals surface area contributed by atoms with Crippen LogP contribution in [0.2, 0.25) is 0 Å². The van der Waals surface area contributed by atoms with Gasteiger partial charge in [0, 0.05) is 20.8 Å². The molecule has 0 bridgehead atoms. The van der Waals surface area contributed by atoms with Crippen molar-refractivity contribution in [1.82, 2.24) is 0 Å². The van der Waals surface area contributed by atoms with Crippen LogP contribution in [0.15, 0.2) is 60.7 Å². The van der Waals surface area contributed by atoms with Crippen LogP contribution in [0, 0.1) is 0 Å². The van der Waals surface area contributed by atoms with Gasteiger partial charge in [-0.05, 0) is 11.1 Å². The van der Waals surface area contributed by atoms with Gasteiger partial charge in [0.15, 0.2) is 0 Å². The molecule has 25 heavy (non-hydrogen) atoms. The van der Waals surface area contributed by atoms with E-state index in [9.17, 15) is 14.4 Å². The monoisotopic (exact) mass is 360 g/mol. The van der Waals surface area contributed by atoms with E-state index in [-0.39, 0.29) is 0 Å². The SMILES string of the molecule is CC(=O)O[SiH](OC(C)=O)OC(C)=O.c1ccc(-c2ccccc2)cc1. The topological polar surface area (TPSA) is 78.9 Å². The maximum Gasteiger partial charge on any atom is 0.689 e. The molecule has 0 radical (unpaired) electrons. The molecule has 0 amide bonds. The van der Waals surface area contributed by atoms with Crippen LogP contribution in [0.5, 0.6) is 0 Å². The van der Waals surface area contributed by atoms with Gasteiger partial charge in [0.05, 0.1) is 0 Å². The highest BCUT2D eigenvalue weighted by Gasteiger charge is 2.25. The van der Waals surface area contributed by atoms with Crippen molar-refractivity contribution >= 4 is 27.4 Å². The Morgan fingerprint density at radius 2 is 0.880 bits per heavy atom. The third kappa shape index (κ3) is 9.06. The molecule has 0 atom stereocenters. The first-order valence-corrected chi connectivity index (χ1v) is 8.92. The van der Waals surface area contributed by atoms with E-state index < -0.39 is 27.4 Å². The van der Waals surface area contributed by atoms with Crippen LogP contribution in [-0.2, 0) is 27.7 Å². The first-order chi connectivity index (χ1) is 11.9. The summed E-state index contributed by atoms with van der Waals surface area (Å²) in [6, 6.07) is 20.8. The van der Waals surface area contributed by atoms with Crippen LogP contribution in [0.25, 0.3) is 11.1 Å². The number of benzene rings is 2. The fourth-order valence-corrected chi connectivity index (χ4v) is 2.70. The molecule has 132 valence electrons. The average Bonchev–Trinajstić information content (AvgIpc) is 2.55. The molecule has 0 unspecified atom stereocenters. The lowest BCUT2D eigenvalue weighted by Gasteiger charge is -2.12. The fraction of sp³-hybridized carbons (Fsp3) is 0.167. The Balaban J connectivity index is 0.000000250. The van der Waals surface area contributed by atoms with Crippen LogP contribution in [0.4, 0.5) is 0 Å². The Hall–Kier alpha value is -2.93. The van der Waals surface area contributed by atoms with Gasteiger partial charge in [-0.1, -0.05) is 60.7 Å². The quantitative estimate of drug-likeness (QED) is 0.780. The van der Waals surface area contributed by atoms with Crippen molar-refractivity contribution in [1.29, 1.82) is 0 Å². The van der Waals surface area contributed by atoms with E-state index in [0.29, 0.717) is 0 Å². The number of hydrogen-bond donors (Lipinski definition) is 0. The highest BCUT2D eigenvalue weighted by molar-refractivity contribution is 6.43. The summed E-state index contributed by atoms with van der Waals surface area (Å²) in [6.07, 6.45) is 0. The maximum atomic E-state index is 10.4. The Kier molecular flexibility index (Phi) is 8.66. The molecule has 2 rings (SSSR count). The molecular weight excluding hydrogens is 340 g/mol. The second-order valence-corrected chi connectivity index (χ2v) is 6.13. The van der Waals surface area contributed by atoms with E-state index in [1.807, 2.05) is 12.1 Å². The molecule has 6 nitrogen and oxygen atoms in total. The molecule has 2 aromatic carbocycles. The zero-order valence-electron chi connectivity index (χ0n) is 14.3. The van der Waals surface area contributed by atoms with Gasteiger partial charge in [0.2, 0.25) is 0 Å². The lowest BCUT2D eigenvalue weighted by atomic mass is 10.1. The van der Waals surface area contributed by atoms with E-state index in [0.717, 1.165) is 20.8 Å². The highest BCUT2D eigenvalue weighted by Crippen LogP contribution is 2.17. The van der Waals surface area contributed by atoms with E-state index in [1.165, 1.54) is 11.1 Å². The van der Waals surface area contributed by atoms with Gasteiger partial charge in [-0.2, -0.15) is 0 Å². The molecule has 0 heterocycles. The number of carbonyl (C=O) groups is 3. The fourth-order valence-electron chi connectivity index (χ4n) is 1.74. The maximum absolute atomic E-state index is 10.4. The molecule has 0 aliphatic carbocycles. The summed E-state index contributed by atoms with van der Waals surface area (Å²) in [4.78, 5) is 31.3. The Morgan fingerprint density at radius 1 is 0.600 bits per heavy atom. The van der Waals surface area contributed by atoms with Gasteiger partial charge < -0.3 is 13.3 Å². The Bertz CT molecular complexity index is 612. The van der Waals surface area contributed by atoms with Crippen LogP contribution < -0.4 is 0 Å². The van der Waals surface area contributed by atoms with Crippen molar-refractivity contribution < 1.29 is 27.7 Å². The third-order valence-electron chi connectivity index (χ3n) is 2.67. The van der Waals surface area contributed by atoms with Crippen LogP contribution in [-0.4, -0.2) is 27.4 Å². The molecule has 7 heteroatoms. The molecular formula is C18H20O6Si. The standard InChI is InChI=1S/C12H10.C6H10O6Si/c1-3-7-11(8-4-1)12-9-5-2-6-10-12;1-4(7)10-13(11-5(2)8)12-6(3)9/h1-10H;13H,1-3H3. The predicted octanol–water partition coefficient (Wildman–Crippen LogP) is 2.75. The van der Waals surface area contributed by atoms with E-state index in [2.05, 4.69) is 61.8 Å². The van der Waals surface area contributed by atoms with Crippen LogP contribution in [0.1, 0.15) is 20.8 Å². The van der Waals surface area contributed by atoms with Crippen molar-refractivity contribution in [3.8, 4) is 11.1 Å². The molecule has 0 aromatic heterocycles. The van der Waals surface area contributed by atoms with Gasteiger partial charge in [-0.15, -0.1) is 0 Å². The number of carbonyl (C=O) groups excluding carboxylic acids is 3. The number of hydrogen-bond acceptors (Lipinski definition) is 6. The summed E-state index contributed by atoms with van der Waals surface area (Å²) in [5.74, 6) is -1.96. The van der Waals surface area contributed by atoms with Gasteiger partial charge in [-0.3, -0.25) is 14.4 Å². The third-order valence-corrected chi connectivity index (χ3v) is 4.24. The zero-order valence-corrected chi connectivity index (χ0v) is 15.5. The van der Waals surface area contributed by atoms with Gasteiger partial charge in [0.1, 0.15) is 0 Å². The smallest absolute Gasteiger partial charge is 0.458 e. The van der Waals surface area contributed by atoms with Crippen LogP contribution in [0.3, 0.4) is 0 Å². The van der Waals surface area contributed by atoms with E-state index >= 15 is 0 Å². The summed E-state index contributed by atoms with van der Waals surface area (Å²) in [5, 5.41) is 0. The molecule has 0 aliphatic rings. The zero-order chi connectivity index (χ0) is 18.7. The molecule has 2 aromatic rings. The number of rotatable bonds is 4. The van der Waals surface area contributed by atoms with Gasteiger partial charge in [-0.25, -0.2) is 0 Å².